The molecule has 1 aromatic carbocycles. The number of carbonyl (C=O) groups excluding carboxylic acids is 4. The van der Waals surface area contributed by atoms with E-state index in [1.165, 1.54) is 4.90 Å². The zero-order valence-corrected chi connectivity index (χ0v) is 40.0. The molecule has 0 spiro atoms. The smallest absolute Gasteiger partial charge is 0.224 e. The third-order valence-corrected chi connectivity index (χ3v) is 11.0. The topological polar surface area (TPSA) is 223 Å². The molecule has 20 nitrogen and oxygen atoms in total. The van der Waals surface area contributed by atoms with Crippen LogP contribution < -0.4 is 21.1 Å². The predicted octanol–water partition coefficient (Wildman–Crippen LogP) is 2.75. The van der Waals surface area contributed by atoms with Crippen LogP contribution in [0.1, 0.15) is 63.0 Å². The van der Waals surface area contributed by atoms with Crippen molar-refractivity contribution < 1.29 is 52.3 Å². The number of carbonyl (C=O) groups is 4. The molecule has 0 bridgehead atoms. The van der Waals surface area contributed by atoms with Crippen molar-refractivity contribution in [3.05, 3.63) is 41.6 Å². The molecule has 1 saturated heterocycles. The van der Waals surface area contributed by atoms with E-state index in [1.807, 2.05) is 17.2 Å². The minimum atomic E-state index is -0.168. The number of hydrogen-bond acceptors (Lipinski definition) is 16. The molecule has 0 radical (unpaired) electrons. The Kier molecular flexibility index (Phi) is 26.7. The number of aromatic nitrogens is 3. The number of benzene rings is 1. The molecule has 20 heteroatoms. The highest BCUT2D eigenvalue weighted by Gasteiger charge is 2.22. The fourth-order valence-corrected chi connectivity index (χ4v) is 7.21. The lowest BCUT2D eigenvalue weighted by atomic mass is 10.1. The highest BCUT2D eigenvalue weighted by atomic mass is 16.6. The fraction of sp³-hybridized carbons (Fsp3) is 0.660. The summed E-state index contributed by atoms with van der Waals surface area (Å²) in [5.41, 5.74) is 9.96. The number of unbranched alkanes of at least 4 members (excludes halogenated alkanes) is 2. The van der Waals surface area contributed by atoms with Gasteiger partial charge in [0.1, 0.15) is 17.6 Å². The van der Waals surface area contributed by atoms with Gasteiger partial charge < -0.3 is 68.7 Å². The number of nitrogen functional groups attached to an aromatic ring is 1. The average Bonchev–Trinajstić information content (AvgIpc) is 3.74. The summed E-state index contributed by atoms with van der Waals surface area (Å²) in [6.07, 6.45) is 6.94. The van der Waals surface area contributed by atoms with Gasteiger partial charge in [-0.25, -0.2) is 4.98 Å². The zero-order valence-electron chi connectivity index (χ0n) is 40.0. The Hall–Kier alpha value is -4.96. The molecule has 1 fully saturated rings. The number of nitrogens with one attached hydrogen (secondary N) is 2. The molecule has 0 unspecified atom stereocenters. The van der Waals surface area contributed by atoms with Gasteiger partial charge in [-0.3, -0.25) is 19.3 Å². The normalized spacial score (nSPS) is 13.0. The van der Waals surface area contributed by atoms with E-state index in [1.54, 1.807) is 14.2 Å². The number of nitrogens with two attached hydrogens (primary N) is 1. The van der Waals surface area contributed by atoms with Crippen molar-refractivity contribution in [3.63, 3.8) is 0 Å². The molecule has 4 rings (SSSR count). The van der Waals surface area contributed by atoms with Gasteiger partial charge in [-0.2, -0.15) is 4.98 Å². The number of anilines is 2. The maximum Gasteiger partial charge on any atom is 0.224 e. The molecule has 2 aromatic heterocycles. The summed E-state index contributed by atoms with van der Waals surface area (Å²) in [5.74, 6) is 1.60. The number of ether oxygens (including phenoxy) is 7. The summed E-state index contributed by atoms with van der Waals surface area (Å²) >= 11 is 0. The number of rotatable bonds is 37. The summed E-state index contributed by atoms with van der Waals surface area (Å²) in [7, 11) is 3.32. The van der Waals surface area contributed by atoms with E-state index in [0.29, 0.717) is 125 Å². The molecular weight excluding hydrogens is 867 g/mol. The number of methoxy groups -OCH3 is 1. The van der Waals surface area contributed by atoms with Crippen LogP contribution in [0.3, 0.4) is 0 Å². The number of fused-ring (bicyclic) bond motifs is 1. The maximum absolute atomic E-state index is 12.9. The molecule has 3 heterocycles. The Balaban J connectivity index is 0.941. The second-order valence-corrected chi connectivity index (χ2v) is 16.1. The van der Waals surface area contributed by atoms with Crippen LogP contribution in [0.4, 0.5) is 11.8 Å². The Morgan fingerprint density at radius 2 is 1.42 bits per heavy atom. The molecule has 374 valence electrons. The van der Waals surface area contributed by atoms with Crippen LogP contribution in [0.15, 0.2) is 30.5 Å². The van der Waals surface area contributed by atoms with Gasteiger partial charge in [-0.15, -0.1) is 0 Å². The predicted molar refractivity (Wildman–Crippen MR) is 254 cm³/mol. The SMILES string of the molecule is CCCCCNc1nc(N)nc2ccn(Cc3ccc(CN4CCN(C(=O)CCOCCOCCOCCOCCOCCOCCNC(=O)CCN(C)C(=O)CCC=O)CC4)cc3OC)c12. The molecule has 67 heavy (non-hydrogen) atoms. The highest BCUT2D eigenvalue weighted by molar-refractivity contribution is 5.87. The first-order chi connectivity index (χ1) is 32.7. The highest BCUT2D eigenvalue weighted by Crippen LogP contribution is 2.28. The summed E-state index contributed by atoms with van der Waals surface area (Å²) in [6.45, 7) is 13.0. The zero-order chi connectivity index (χ0) is 47.9. The van der Waals surface area contributed by atoms with Gasteiger partial charge in [0.25, 0.3) is 0 Å². The summed E-state index contributed by atoms with van der Waals surface area (Å²) < 4.78 is 41.2. The molecular formula is C47H75N9O11. The van der Waals surface area contributed by atoms with E-state index in [0.717, 1.165) is 79.2 Å². The number of hydrogen-bond donors (Lipinski definition) is 3. The quantitative estimate of drug-likeness (QED) is 0.0559. The first-order valence-electron chi connectivity index (χ1n) is 23.6. The van der Waals surface area contributed by atoms with Crippen molar-refractivity contribution in [1.29, 1.82) is 0 Å². The lowest BCUT2D eigenvalue weighted by Crippen LogP contribution is -2.48. The molecule has 0 saturated carbocycles. The van der Waals surface area contributed by atoms with Crippen LogP contribution in [-0.4, -0.2) is 192 Å². The number of amides is 3. The van der Waals surface area contributed by atoms with Gasteiger partial charge in [-0.1, -0.05) is 31.9 Å². The van der Waals surface area contributed by atoms with Crippen molar-refractivity contribution >= 4 is 46.8 Å². The minimum absolute atomic E-state index is 0.102. The van der Waals surface area contributed by atoms with Gasteiger partial charge in [0.05, 0.1) is 105 Å². The van der Waals surface area contributed by atoms with E-state index in [9.17, 15) is 19.2 Å². The Morgan fingerprint density at radius 1 is 0.776 bits per heavy atom. The van der Waals surface area contributed by atoms with Crippen molar-refractivity contribution in [2.75, 3.05) is 150 Å². The van der Waals surface area contributed by atoms with E-state index < -0.39 is 0 Å². The summed E-state index contributed by atoms with van der Waals surface area (Å²) in [5, 5.41) is 6.21. The summed E-state index contributed by atoms with van der Waals surface area (Å²) in [6, 6.07) is 8.35. The first-order valence-corrected chi connectivity index (χ1v) is 23.6. The Bertz CT molecular complexity index is 1890. The van der Waals surface area contributed by atoms with Crippen LogP contribution in [-0.2, 0) is 60.7 Å². The molecule has 1 aliphatic rings. The average molecular weight is 942 g/mol. The molecule has 0 atom stereocenters. The molecule has 0 aliphatic carbocycles. The molecule has 3 amide bonds. The van der Waals surface area contributed by atoms with Gasteiger partial charge in [-0.05, 0) is 24.1 Å². The van der Waals surface area contributed by atoms with Crippen molar-refractivity contribution in [2.24, 2.45) is 0 Å². The lowest BCUT2D eigenvalue weighted by molar-refractivity contribution is -0.134. The van der Waals surface area contributed by atoms with Crippen LogP contribution in [0.25, 0.3) is 11.0 Å². The largest absolute Gasteiger partial charge is 0.496 e. The minimum Gasteiger partial charge on any atom is -0.496 e. The fourth-order valence-electron chi connectivity index (χ4n) is 7.21. The molecule has 4 N–H and O–H groups in total. The third-order valence-electron chi connectivity index (χ3n) is 11.0. The van der Waals surface area contributed by atoms with Crippen LogP contribution in [0.2, 0.25) is 0 Å². The number of nitrogens with zero attached hydrogens (tertiary/aromatic N) is 6. The van der Waals surface area contributed by atoms with Gasteiger partial charge in [0.15, 0.2) is 5.82 Å². The lowest BCUT2D eigenvalue weighted by Gasteiger charge is -2.35. The number of piperazine rings is 1. The van der Waals surface area contributed by atoms with Gasteiger partial charge in [0.2, 0.25) is 23.7 Å². The standard InChI is InChI=1S/C47H75N9O11/c1-4-5-6-14-50-46-45-40(51-47(48)52-46)11-17-56(45)37-39-10-9-38(35-41(39)61-3)36-54-18-20-55(21-19-54)44(60)13-23-62-25-27-64-29-31-66-33-34-67-32-30-65-28-26-63-24-15-49-42(58)12-16-53(2)43(59)8-7-22-57/h9-11,17,22,35H,4-8,12-16,18-21,23-34,36-37H2,1-3H3,(H,49,58)(H3,48,50,51,52). The van der Waals surface area contributed by atoms with Crippen LogP contribution >= 0.6 is 0 Å². The summed E-state index contributed by atoms with van der Waals surface area (Å²) in [4.78, 5) is 61.6. The number of aldehydes is 1. The second kappa shape index (κ2) is 32.7. The van der Waals surface area contributed by atoms with E-state index in [4.69, 9.17) is 38.9 Å². The Morgan fingerprint density at radius 3 is 2.04 bits per heavy atom. The molecule has 3 aromatic rings. The first kappa shape index (κ1) is 54.6. The van der Waals surface area contributed by atoms with Gasteiger partial charge >= 0.3 is 0 Å². The van der Waals surface area contributed by atoms with E-state index in [-0.39, 0.29) is 42.9 Å². The van der Waals surface area contributed by atoms with Crippen molar-refractivity contribution in [1.82, 2.24) is 34.6 Å². The van der Waals surface area contributed by atoms with Crippen LogP contribution in [0, 0.1) is 0 Å². The third kappa shape index (κ3) is 21.3. The van der Waals surface area contributed by atoms with Crippen molar-refractivity contribution in [3.8, 4) is 5.75 Å². The van der Waals surface area contributed by atoms with Crippen LogP contribution in [0.5, 0.6) is 5.75 Å². The van der Waals surface area contributed by atoms with Gasteiger partial charge in [0, 0.05) is 90.4 Å². The van der Waals surface area contributed by atoms with Crippen molar-refractivity contribution in [2.45, 2.75) is 65.0 Å². The van der Waals surface area contributed by atoms with E-state index >= 15 is 0 Å². The second-order valence-electron chi connectivity index (χ2n) is 16.1. The maximum atomic E-state index is 12.9. The monoisotopic (exact) mass is 942 g/mol. The Labute approximate surface area is 395 Å². The van der Waals surface area contributed by atoms with E-state index in [2.05, 4.69) is 55.2 Å². The molecule has 1 aliphatic heterocycles.